The van der Waals surface area contributed by atoms with E-state index in [4.69, 9.17) is 9.47 Å². The van der Waals surface area contributed by atoms with Crippen molar-refractivity contribution in [3.8, 4) is 28.1 Å². The number of aliphatic hydroxyl groups excluding tert-OH is 1. The molecule has 0 bridgehead atoms. The second-order valence-electron chi connectivity index (χ2n) is 8.17. The lowest BCUT2D eigenvalue weighted by molar-refractivity contribution is -0.329. The zero-order valence-electron chi connectivity index (χ0n) is 17.3. The standard InChI is InChI=1S/C24H22F3NO4/c1-31-17-9-7-15(8-10-17)18-13-20-23(30,24(25,26)27)22(14-29)19(11-12-32-22)28(20)21(18)16-5-3-2-4-6-16/h2-10,13,19,29-30H,11-12,14H2,1H3/t19-,22+,23+/m1/s1. The number of aliphatic hydroxyl groups is 2. The Morgan fingerprint density at radius 1 is 1.09 bits per heavy atom. The average molecular weight is 445 g/mol. The fourth-order valence-electron chi connectivity index (χ4n) is 5.24. The first-order valence-electron chi connectivity index (χ1n) is 10.3. The van der Waals surface area contributed by atoms with Crippen molar-refractivity contribution < 1.29 is 32.9 Å². The Morgan fingerprint density at radius 3 is 2.38 bits per heavy atom. The Morgan fingerprint density at radius 2 is 1.78 bits per heavy atom. The van der Waals surface area contributed by atoms with Gasteiger partial charge in [-0.25, -0.2) is 0 Å². The van der Waals surface area contributed by atoms with Gasteiger partial charge in [0.2, 0.25) is 5.60 Å². The summed E-state index contributed by atoms with van der Waals surface area (Å²) >= 11 is 0. The van der Waals surface area contributed by atoms with Crippen molar-refractivity contribution in [3.63, 3.8) is 0 Å². The molecule has 3 atom stereocenters. The SMILES string of the molecule is COc1ccc(-c2cc3n(c2-c2ccccc2)[C@@H]2CCO[C@]2(CO)[C@]3(O)C(F)(F)F)cc1. The summed E-state index contributed by atoms with van der Waals surface area (Å²) < 4.78 is 55.6. The van der Waals surface area contributed by atoms with E-state index >= 15 is 0 Å². The minimum atomic E-state index is -5.06. The summed E-state index contributed by atoms with van der Waals surface area (Å²) in [6.45, 7) is -0.950. The van der Waals surface area contributed by atoms with Gasteiger partial charge in [-0.3, -0.25) is 0 Å². The van der Waals surface area contributed by atoms with Crippen LogP contribution in [0.1, 0.15) is 18.2 Å². The predicted octanol–water partition coefficient (Wildman–Crippen LogP) is 4.29. The smallest absolute Gasteiger partial charge is 0.426 e. The molecule has 0 spiro atoms. The second kappa shape index (κ2) is 7.10. The van der Waals surface area contributed by atoms with Crippen molar-refractivity contribution in [1.82, 2.24) is 4.57 Å². The highest BCUT2D eigenvalue weighted by Gasteiger charge is 2.77. The number of methoxy groups -OCH3 is 1. The molecule has 32 heavy (non-hydrogen) atoms. The molecule has 168 valence electrons. The van der Waals surface area contributed by atoms with E-state index in [0.717, 1.165) is 0 Å². The van der Waals surface area contributed by atoms with Crippen LogP contribution in [-0.2, 0) is 10.3 Å². The first-order valence-corrected chi connectivity index (χ1v) is 10.3. The Hall–Kier alpha value is -2.81. The number of hydrogen-bond donors (Lipinski definition) is 2. The molecule has 1 fully saturated rings. The van der Waals surface area contributed by atoms with Gasteiger partial charge in [0, 0.05) is 12.2 Å². The van der Waals surface area contributed by atoms with E-state index in [1.807, 2.05) is 30.3 Å². The topological polar surface area (TPSA) is 63.9 Å². The minimum Gasteiger partial charge on any atom is -0.497 e. The summed E-state index contributed by atoms with van der Waals surface area (Å²) in [5.74, 6) is 0.622. The molecule has 2 aliphatic heterocycles. The lowest BCUT2D eigenvalue weighted by Crippen LogP contribution is -2.61. The number of benzene rings is 2. The van der Waals surface area contributed by atoms with E-state index in [2.05, 4.69) is 0 Å². The minimum absolute atomic E-state index is 0.00728. The van der Waals surface area contributed by atoms with Crippen LogP contribution in [0.5, 0.6) is 5.75 Å². The Labute approximate surface area is 182 Å². The Balaban J connectivity index is 1.84. The maximum Gasteiger partial charge on any atom is 0.426 e. The van der Waals surface area contributed by atoms with E-state index in [-0.39, 0.29) is 18.7 Å². The van der Waals surface area contributed by atoms with Gasteiger partial charge in [-0.15, -0.1) is 0 Å². The number of aromatic nitrogens is 1. The number of halogens is 3. The maximum atomic E-state index is 14.5. The summed E-state index contributed by atoms with van der Waals surface area (Å²) in [5.41, 5.74) is -3.39. The molecule has 3 aromatic rings. The lowest BCUT2D eigenvalue weighted by atomic mass is 9.78. The van der Waals surface area contributed by atoms with Crippen LogP contribution in [0.15, 0.2) is 60.7 Å². The van der Waals surface area contributed by atoms with Crippen LogP contribution in [0.2, 0.25) is 0 Å². The zero-order valence-corrected chi connectivity index (χ0v) is 17.3. The summed E-state index contributed by atoms with van der Waals surface area (Å²) in [7, 11) is 1.54. The molecule has 5 nitrogen and oxygen atoms in total. The fourth-order valence-corrected chi connectivity index (χ4v) is 5.24. The van der Waals surface area contributed by atoms with Crippen LogP contribution in [0, 0.1) is 0 Å². The molecule has 0 unspecified atom stereocenters. The molecular weight excluding hydrogens is 423 g/mol. The highest BCUT2D eigenvalue weighted by Crippen LogP contribution is 2.63. The number of fused-ring (bicyclic) bond motifs is 3. The Kier molecular flexibility index (Phi) is 4.67. The maximum absolute atomic E-state index is 14.5. The van der Waals surface area contributed by atoms with E-state index in [9.17, 15) is 23.4 Å². The summed E-state index contributed by atoms with van der Waals surface area (Å²) in [6, 6.07) is 16.6. The molecule has 2 aromatic carbocycles. The van der Waals surface area contributed by atoms with Crippen molar-refractivity contribution in [3.05, 3.63) is 66.4 Å². The van der Waals surface area contributed by atoms with Crippen LogP contribution < -0.4 is 4.74 Å². The van der Waals surface area contributed by atoms with Crippen molar-refractivity contribution in [2.75, 3.05) is 20.3 Å². The summed E-state index contributed by atoms with van der Waals surface area (Å²) in [5, 5.41) is 21.4. The van der Waals surface area contributed by atoms with Crippen LogP contribution in [0.25, 0.3) is 22.4 Å². The molecule has 0 radical (unpaired) electrons. The third-order valence-corrected chi connectivity index (χ3v) is 6.71. The Bertz CT molecular complexity index is 1140. The first-order chi connectivity index (χ1) is 15.3. The van der Waals surface area contributed by atoms with Gasteiger partial charge >= 0.3 is 6.18 Å². The van der Waals surface area contributed by atoms with Gasteiger partial charge in [0.25, 0.3) is 0 Å². The summed E-state index contributed by atoms with van der Waals surface area (Å²) in [4.78, 5) is 0. The van der Waals surface area contributed by atoms with Crippen LogP contribution in [0.3, 0.4) is 0 Å². The monoisotopic (exact) mass is 445 g/mol. The third-order valence-electron chi connectivity index (χ3n) is 6.71. The number of alkyl halides is 3. The largest absolute Gasteiger partial charge is 0.497 e. The summed E-state index contributed by atoms with van der Waals surface area (Å²) in [6.07, 6.45) is -4.82. The lowest BCUT2D eigenvalue weighted by Gasteiger charge is -2.40. The molecule has 1 aromatic heterocycles. The van der Waals surface area contributed by atoms with Crippen LogP contribution in [0.4, 0.5) is 13.2 Å². The van der Waals surface area contributed by atoms with Crippen LogP contribution in [-0.4, -0.2) is 46.9 Å². The van der Waals surface area contributed by atoms with E-state index in [1.165, 1.54) is 17.7 Å². The molecular formula is C24H22F3NO4. The van der Waals surface area contributed by atoms with Crippen molar-refractivity contribution in [2.24, 2.45) is 0 Å². The molecule has 2 N–H and O–H groups in total. The second-order valence-corrected chi connectivity index (χ2v) is 8.17. The molecule has 0 amide bonds. The third kappa shape index (κ3) is 2.57. The van der Waals surface area contributed by atoms with Gasteiger partial charge in [0.05, 0.1) is 31.1 Å². The van der Waals surface area contributed by atoms with Crippen molar-refractivity contribution in [2.45, 2.75) is 29.8 Å². The van der Waals surface area contributed by atoms with E-state index < -0.39 is 30.0 Å². The molecule has 0 aliphatic carbocycles. The van der Waals surface area contributed by atoms with Crippen molar-refractivity contribution >= 4 is 0 Å². The number of nitrogens with zero attached hydrogens (tertiary/aromatic N) is 1. The van der Waals surface area contributed by atoms with Crippen LogP contribution >= 0.6 is 0 Å². The molecule has 0 saturated carbocycles. The van der Waals surface area contributed by atoms with Gasteiger partial charge in [0.1, 0.15) is 5.75 Å². The molecule has 3 heterocycles. The van der Waals surface area contributed by atoms with Gasteiger partial charge < -0.3 is 24.3 Å². The number of ether oxygens (including phenoxy) is 2. The van der Waals surface area contributed by atoms with Gasteiger partial charge in [0.15, 0.2) is 5.60 Å². The predicted molar refractivity (Wildman–Crippen MR) is 111 cm³/mol. The van der Waals surface area contributed by atoms with Gasteiger partial charge in [-0.1, -0.05) is 42.5 Å². The van der Waals surface area contributed by atoms with E-state index in [1.54, 1.807) is 24.3 Å². The molecule has 2 aliphatic rings. The zero-order chi connectivity index (χ0) is 22.7. The normalized spacial score (nSPS) is 26.8. The molecule has 1 saturated heterocycles. The van der Waals surface area contributed by atoms with E-state index in [0.29, 0.717) is 28.1 Å². The van der Waals surface area contributed by atoms with Crippen molar-refractivity contribution in [1.29, 1.82) is 0 Å². The highest BCUT2D eigenvalue weighted by molar-refractivity contribution is 5.84. The first kappa shape index (κ1) is 21.1. The molecule has 5 rings (SSSR count). The number of rotatable bonds is 4. The van der Waals surface area contributed by atoms with Gasteiger partial charge in [-0.05, 0) is 35.7 Å². The average Bonchev–Trinajstić information content (AvgIpc) is 3.45. The molecule has 8 heteroatoms. The fraction of sp³-hybridized carbons (Fsp3) is 0.333. The van der Waals surface area contributed by atoms with Gasteiger partial charge in [-0.2, -0.15) is 13.2 Å². The number of hydrogen-bond acceptors (Lipinski definition) is 4. The quantitative estimate of drug-likeness (QED) is 0.629. The highest BCUT2D eigenvalue weighted by atomic mass is 19.4.